The van der Waals surface area contributed by atoms with Crippen molar-refractivity contribution < 1.29 is 0 Å². The highest BCUT2D eigenvalue weighted by molar-refractivity contribution is 8.21. The molecule has 0 atom stereocenters. The fourth-order valence-corrected chi connectivity index (χ4v) is 3.93. The number of benzene rings is 2. The fourth-order valence-electron chi connectivity index (χ4n) is 3.12. The predicted molar refractivity (Wildman–Crippen MR) is 128 cm³/mol. The molecule has 2 aromatic carbocycles. The van der Waals surface area contributed by atoms with Gasteiger partial charge in [0.05, 0.1) is 12.2 Å². The van der Waals surface area contributed by atoms with Gasteiger partial charge in [0.25, 0.3) is 0 Å². The van der Waals surface area contributed by atoms with E-state index in [1.165, 1.54) is 5.01 Å². The Hall–Kier alpha value is -2.42. The Labute approximate surface area is 197 Å². The van der Waals surface area contributed by atoms with E-state index in [2.05, 4.69) is 5.10 Å². The third-order valence-corrected chi connectivity index (χ3v) is 5.96. The first-order chi connectivity index (χ1) is 14.9. The molecule has 4 N–H and O–H groups in total. The van der Waals surface area contributed by atoms with Gasteiger partial charge in [-0.3, -0.25) is 0 Å². The summed E-state index contributed by atoms with van der Waals surface area (Å²) < 4.78 is 1.61. The number of imidazole rings is 1. The van der Waals surface area contributed by atoms with E-state index in [4.69, 9.17) is 50.4 Å². The maximum atomic E-state index is 6.48. The summed E-state index contributed by atoms with van der Waals surface area (Å²) in [6.07, 6.45) is 1.65. The molecule has 0 unspecified atom stereocenters. The summed E-state index contributed by atoms with van der Waals surface area (Å²) in [7, 11) is 6.99. The number of hydrogen-bond acceptors (Lipinski definition) is 6. The summed E-state index contributed by atoms with van der Waals surface area (Å²) in [6.45, 7) is 0.444. The highest BCUT2D eigenvalue weighted by atomic mass is 35.7. The lowest BCUT2D eigenvalue weighted by atomic mass is 10.1. The normalized spacial score (nSPS) is 11.8. The predicted octanol–water partition coefficient (Wildman–Crippen LogP) is 5.58. The van der Waals surface area contributed by atoms with Crippen molar-refractivity contribution in [3.8, 4) is 11.3 Å². The van der Waals surface area contributed by atoms with Crippen LogP contribution in [0.5, 0.6) is 0 Å². The van der Waals surface area contributed by atoms with Crippen molar-refractivity contribution in [1.82, 2.24) is 19.6 Å². The zero-order valence-corrected chi connectivity index (χ0v) is 19.1. The molecule has 0 bridgehead atoms. The molecule has 0 saturated heterocycles. The van der Waals surface area contributed by atoms with Gasteiger partial charge in [-0.2, -0.15) is 5.10 Å². The van der Waals surface area contributed by atoms with E-state index in [1.807, 2.05) is 48.5 Å². The van der Waals surface area contributed by atoms with E-state index in [0.29, 0.717) is 39.5 Å². The van der Waals surface area contributed by atoms with Crippen molar-refractivity contribution in [3.05, 3.63) is 88.3 Å². The van der Waals surface area contributed by atoms with Gasteiger partial charge in [-0.25, -0.2) is 15.3 Å². The summed E-state index contributed by atoms with van der Waals surface area (Å²) in [5, 5.41) is 6.87. The van der Waals surface area contributed by atoms with Gasteiger partial charge in [0.1, 0.15) is 16.5 Å². The zero-order valence-electron chi connectivity index (χ0n) is 16.0. The summed E-state index contributed by atoms with van der Waals surface area (Å²) in [5.74, 6) is 6.20. The quantitative estimate of drug-likeness (QED) is 0.270. The maximum absolute atomic E-state index is 6.48. The molecule has 0 amide bonds. The number of aromatic nitrogens is 3. The molecule has 2 aromatic heterocycles. The second kappa shape index (κ2) is 9.38. The second-order valence-corrected chi connectivity index (χ2v) is 8.63. The minimum Gasteiger partial charge on any atom is -0.396 e. The van der Waals surface area contributed by atoms with E-state index in [1.54, 1.807) is 22.8 Å². The molecule has 10 heteroatoms. The Balaban J connectivity index is 1.75. The lowest BCUT2D eigenvalue weighted by Gasteiger charge is -2.15. The maximum Gasteiger partial charge on any atom is 0.155 e. The molecule has 0 saturated carbocycles. The highest BCUT2D eigenvalue weighted by Gasteiger charge is 2.18. The largest absolute Gasteiger partial charge is 0.396 e. The summed E-state index contributed by atoms with van der Waals surface area (Å²) in [5.41, 5.74) is 10.6. The zero-order chi connectivity index (χ0) is 22.0. The van der Waals surface area contributed by atoms with Crippen molar-refractivity contribution in [2.45, 2.75) is 11.4 Å². The lowest BCUT2D eigenvalue weighted by molar-refractivity contribution is 0.387. The van der Waals surface area contributed by atoms with Crippen molar-refractivity contribution in [2.24, 2.45) is 11.6 Å². The molecular weight excluding hydrogens is 475 g/mol. The molecule has 158 valence electrons. The van der Waals surface area contributed by atoms with Crippen molar-refractivity contribution in [1.29, 1.82) is 0 Å². The summed E-state index contributed by atoms with van der Waals surface area (Å²) in [4.78, 5) is 5.64. The molecule has 2 heterocycles. The van der Waals surface area contributed by atoms with Crippen LogP contribution in [0.1, 0.15) is 11.3 Å². The number of fused-ring (bicyclic) bond motifs is 1. The monoisotopic (exact) mass is 490 g/mol. The summed E-state index contributed by atoms with van der Waals surface area (Å²) in [6, 6.07) is 18.6. The van der Waals surface area contributed by atoms with Crippen molar-refractivity contribution in [2.75, 3.05) is 0 Å². The Morgan fingerprint density at radius 2 is 1.74 bits per heavy atom. The first-order valence-electron chi connectivity index (χ1n) is 9.12. The molecule has 4 aromatic rings. The number of hydrogen-bond donors (Lipinski definition) is 2. The van der Waals surface area contributed by atoms with E-state index >= 15 is 0 Å². The Kier molecular flexibility index (Phi) is 6.60. The highest BCUT2D eigenvalue weighted by Crippen LogP contribution is 2.30. The average Bonchev–Trinajstić information content (AvgIpc) is 3.14. The topological polar surface area (TPSA) is 85.5 Å². The molecule has 0 aliphatic heterocycles. The van der Waals surface area contributed by atoms with Gasteiger partial charge in [0, 0.05) is 21.7 Å². The van der Waals surface area contributed by atoms with E-state index in [9.17, 15) is 0 Å². The first kappa shape index (κ1) is 21.8. The van der Waals surface area contributed by atoms with Crippen LogP contribution in [-0.4, -0.2) is 19.6 Å². The van der Waals surface area contributed by atoms with Gasteiger partial charge in [-0.15, -0.1) is 0 Å². The minimum absolute atomic E-state index is 0.324. The van der Waals surface area contributed by atoms with E-state index < -0.39 is 0 Å². The van der Waals surface area contributed by atoms with Crippen LogP contribution in [0.25, 0.3) is 22.6 Å². The van der Waals surface area contributed by atoms with E-state index in [0.717, 1.165) is 27.0 Å². The van der Waals surface area contributed by atoms with Crippen LogP contribution in [0.4, 0.5) is 0 Å². The first-order valence-corrected chi connectivity index (χ1v) is 11.5. The van der Waals surface area contributed by atoms with Crippen LogP contribution in [-0.2, 0) is 6.54 Å². The fraction of sp³-hybridized carbons (Fsp3) is 0.0476. The van der Waals surface area contributed by atoms with Crippen LogP contribution < -0.4 is 11.6 Å². The Morgan fingerprint density at radius 1 is 1.03 bits per heavy atom. The van der Waals surface area contributed by atoms with Crippen LogP contribution >= 0.6 is 44.9 Å². The van der Waals surface area contributed by atoms with E-state index in [-0.39, 0.29) is 0 Å². The number of hydrazine groups is 1. The number of nitrogens with two attached hydrogens (primary N) is 2. The van der Waals surface area contributed by atoms with Gasteiger partial charge in [-0.05, 0) is 63.6 Å². The molecular formula is C21H17Cl3N6S. The molecule has 4 rings (SSSR count). The van der Waals surface area contributed by atoms with Crippen LogP contribution in [0, 0.1) is 0 Å². The molecule has 6 nitrogen and oxygen atoms in total. The van der Waals surface area contributed by atoms with Gasteiger partial charge in [-0.1, -0.05) is 47.5 Å². The number of rotatable bonds is 6. The third-order valence-electron chi connectivity index (χ3n) is 4.52. The third kappa shape index (κ3) is 4.92. The molecule has 0 radical (unpaired) electrons. The van der Waals surface area contributed by atoms with Gasteiger partial charge in [0.2, 0.25) is 0 Å². The molecule has 0 aliphatic rings. The minimum atomic E-state index is 0.324. The van der Waals surface area contributed by atoms with Crippen LogP contribution in [0.3, 0.4) is 0 Å². The lowest BCUT2D eigenvalue weighted by Crippen LogP contribution is -2.26. The molecule has 0 aliphatic carbocycles. The Bertz CT molecular complexity index is 1240. The van der Waals surface area contributed by atoms with Crippen molar-refractivity contribution in [3.63, 3.8) is 0 Å². The molecule has 0 spiro atoms. The van der Waals surface area contributed by atoms with Gasteiger partial charge >= 0.3 is 0 Å². The van der Waals surface area contributed by atoms with Crippen LogP contribution in [0.2, 0.25) is 10.2 Å². The van der Waals surface area contributed by atoms with Gasteiger partial charge in [0.15, 0.2) is 5.65 Å². The second-order valence-electron chi connectivity index (χ2n) is 6.72. The number of halogens is 3. The number of nitrogens with zero attached hydrogens (tertiary/aromatic N) is 4. The standard InChI is InChI=1S/C21H17Cl3N6S/c22-15-5-1-13(2-6-15)11-29(26)12-17(25)21-20(14-3-7-16(31-24)8-4-14)27-19-10-9-18(23)28-30(19)21/h1-10,12H,11,25-26H2/b17-12-. The van der Waals surface area contributed by atoms with Gasteiger partial charge < -0.3 is 10.7 Å². The molecule has 31 heavy (non-hydrogen) atoms. The van der Waals surface area contributed by atoms with Crippen LogP contribution in [0.15, 0.2) is 71.8 Å². The SMILES string of the molecule is N/C(=C\N(N)Cc1ccc(Cl)cc1)c1c(-c2ccc(SCl)cc2)nc2ccc(Cl)nn12. The summed E-state index contributed by atoms with van der Waals surface area (Å²) >= 11 is 12.1. The van der Waals surface area contributed by atoms with Crippen molar-refractivity contribution >= 4 is 56.2 Å². The smallest absolute Gasteiger partial charge is 0.155 e. The molecule has 0 fully saturated rings. The average molecular weight is 492 g/mol. The Morgan fingerprint density at radius 3 is 2.42 bits per heavy atom.